The van der Waals surface area contributed by atoms with Gasteiger partial charge in [0.15, 0.2) is 0 Å². The predicted molar refractivity (Wildman–Crippen MR) is 56.3 cm³/mol. The van der Waals surface area contributed by atoms with E-state index in [4.69, 9.17) is 5.73 Å². The van der Waals surface area contributed by atoms with Gasteiger partial charge in [0, 0.05) is 11.6 Å². The molecule has 2 N–H and O–H groups in total. The van der Waals surface area contributed by atoms with Gasteiger partial charge in [0.25, 0.3) is 0 Å². The lowest BCUT2D eigenvalue weighted by Crippen LogP contribution is -1.97. The van der Waals surface area contributed by atoms with Crippen LogP contribution < -0.4 is 5.73 Å². The Balaban J connectivity index is 2.34. The van der Waals surface area contributed by atoms with Crippen molar-refractivity contribution >= 4 is 11.5 Å². The number of hydrogen-bond acceptors (Lipinski definition) is 2. The van der Waals surface area contributed by atoms with Crippen molar-refractivity contribution in [3.63, 3.8) is 0 Å². The van der Waals surface area contributed by atoms with Gasteiger partial charge in [-0.1, -0.05) is 6.07 Å². The number of rotatable bonds is 1. The number of fused-ring (bicyclic) bond motifs is 1. The summed E-state index contributed by atoms with van der Waals surface area (Å²) >= 11 is 0. The molecule has 3 nitrogen and oxygen atoms in total. The molecule has 1 fully saturated rings. The van der Waals surface area contributed by atoms with Gasteiger partial charge in [-0.3, -0.25) is 4.40 Å². The second-order valence-corrected chi connectivity index (χ2v) is 4.00. The highest BCUT2D eigenvalue weighted by molar-refractivity contribution is 5.52. The third kappa shape index (κ3) is 0.953. The first-order valence-corrected chi connectivity index (χ1v) is 5.01. The highest BCUT2D eigenvalue weighted by Crippen LogP contribution is 2.41. The van der Waals surface area contributed by atoms with E-state index in [1.54, 1.807) is 0 Å². The summed E-state index contributed by atoms with van der Waals surface area (Å²) < 4.78 is 2.04. The summed E-state index contributed by atoms with van der Waals surface area (Å²) in [6, 6.07) is 5.88. The molecule has 1 aliphatic carbocycles. The number of nitrogens with two attached hydrogens (primary N) is 1. The Morgan fingerprint density at radius 2 is 2.21 bits per heavy atom. The molecular weight excluding hydrogens is 174 g/mol. The summed E-state index contributed by atoms with van der Waals surface area (Å²) in [4.78, 5) is 4.62. The van der Waals surface area contributed by atoms with Crippen LogP contribution in [-0.4, -0.2) is 9.38 Å². The van der Waals surface area contributed by atoms with Crippen LogP contribution in [0, 0.1) is 6.92 Å². The molecule has 2 aromatic rings. The highest BCUT2D eigenvalue weighted by atomic mass is 15.1. The molecule has 0 saturated heterocycles. The molecule has 0 spiro atoms. The molecule has 72 valence electrons. The van der Waals surface area contributed by atoms with Crippen LogP contribution >= 0.6 is 0 Å². The minimum Gasteiger partial charge on any atom is -0.385 e. The van der Waals surface area contributed by atoms with Crippen molar-refractivity contribution in [2.75, 3.05) is 5.73 Å². The van der Waals surface area contributed by atoms with Gasteiger partial charge in [-0.2, -0.15) is 0 Å². The Hall–Kier alpha value is -1.51. The van der Waals surface area contributed by atoms with E-state index < -0.39 is 0 Å². The summed E-state index contributed by atoms with van der Waals surface area (Å²) in [5.41, 5.74) is 9.34. The standard InChI is InChI=1S/C11H13N3/c1-7-11(8-5-6-8)13-10-4-2-3-9(12)14(7)10/h2-4,8H,5-6,12H2,1H3. The molecule has 1 aliphatic rings. The monoisotopic (exact) mass is 187 g/mol. The maximum absolute atomic E-state index is 5.91. The Kier molecular flexibility index (Phi) is 1.40. The molecule has 0 atom stereocenters. The third-order valence-electron chi connectivity index (χ3n) is 2.90. The first-order valence-electron chi connectivity index (χ1n) is 5.01. The molecule has 3 heteroatoms. The Bertz CT molecular complexity index is 494. The quantitative estimate of drug-likeness (QED) is 0.743. The Morgan fingerprint density at radius 3 is 2.86 bits per heavy atom. The molecular formula is C11H13N3. The van der Waals surface area contributed by atoms with Crippen molar-refractivity contribution in [2.24, 2.45) is 0 Å². The average Bonchev–Trinajstić information content (AvgIpc) is 2.93. The van der Waals surface area contributed by atoms with Crippen molar-refractivity contribution in [3.8, 4) is 0 Å². The van der Waals surface area contributed by atoms with E-state index in [2.05, 4.69) is 11.9 Å². The van der Waals surface area contributed by atoms with Gasteiger partial charge in [-0.25, -0.2) is 4.98 Å². The molecule has 0 aromatic carbocycles. The van der Waals surface area contributed by atoms with E-state index >= 15 is 0 Å². The van der Waals surface area contributed by atoms with Crippen molar-refractivity contribution in [2.45, 2.75) is 25.7 Å². The lowest BCUT2D eigenvalue weighted by molar-refractivity contribution is 1.01. The minimum absolute atomic E-state index is 0.689. The second kappa shape index (κ2) is 2.50. The number of nitrogen functional groups attached to an aromatic ring is 1. The molecule has 0 unspecified atom stereocenters. The number of aromatic nitrogens is 2. The van der Waals surface area contributed by atoms with Gasteiger partial charge in [0.1, 0.15) is 11.5 Å². The van der Waals surface area contributed by atoms with Gasteiger partial charge >= 0.3 is 0 Å². The van der Waals surface area contributed by atoms with Crippen LogP contribution in [0.4, 0.5) is 5.82 Å². The molecule has 0 amide bonds. The molecule has 0 aliphatic heterocycles. The van der Waals surface area contributed by atoms with Crippen molar-refractivity contribution in [1.82, 2.24) is 9.38 Å². The largest absolute Gasteiger partial charge is 0.385 e. The van der Waals surface area contributed by atoms with E-state index in [9.17, 15) is 0 Å². The Labute approximate surface area is 82.6 Å². The zero-order valence-electron chi connectivity index (χ0n) is 8.20. The minimum atomic E-state index is 0.689. The number of anilines is 1. The molecule has 3 rings (SSSR count). The first kappa shape index (κ1) is 7.85. The topological polar surface area (TPSA) is 43.3 Å². The molecule has 14 heavy (non-hydrogen) atoms. The van der Waals surface area contributed by atoms with E-state index in [-0.39, 0.29) is 0 Å². The smallest absolute Gasteiger partial charge is 0.138 e. The molecule has 2 heterocycles. The van der Waals surface area contributed by atoms with Crippen molar-refractivity contribution < 1.29 is 0 Å². The maximum Gasteiger partial charge on any atom is 0.138 e. The second-order valence-electron chi connectivity index (χ2n) is 4.00. The van der Waals surface area contributed by atoms with Gasteiger partial charge in [0.2, 0.25) is 0 Å². The normalized spacial score (nSPS) is 16.4. The van der Waals surface area contributed by atoms with Crippen LogP contribution in [0.2, 0.25) is 0 Å². The molecule has 0 radical (unpaired) electrons. The molecule has 1 saturated carbocycles. The van der Waals surface area contributed by atoms with Crippen LogP contribution in [0.5, 0.6) is 0 Å². The Morgan fingerprint density at radius 1 is 1.43 bits per heavy atom. The lowest BCUT2D eigenvalue weighted by atomic mass is 10.2. The maximum atomic E-state index is 5.91. The van der Waals surface area contributed by atoms with Gasteiger partial charge in [0.05, 0.1) is 5.69 Å². The van der Waals surface area contributed by atoms with E-state index in [1.165, 1.54) is 24.2 Å². The van der Waals surface area contributed by atoms with Gasteiger partial charge < -0.3 is 5.73 Å². The SMILES string of the molecule is Cc1c(C2CC2)nc2cccc(N)n12. The van der Waals surface area contributed by atoms with Crippen molar-refractivity contribution in [3.05, 3.63) is 29.6 Å². The number of hydrogen-bond donors (Lipinski definition) is 1. The van der Waals surface area contributed by atoms with Crippen LogP contribution in [0.15, 0.2) is 18.2 Å². The fourth-order valence-electron chi connectivity index (χ4n) is 2.03. The third-order valence-corrected chi connectivity index (χ3v) is 2.90. The highest BCUT2D eigenvalue weighted by Gasteiger charge is 2.28. The van der Waals surface area contributed by atoms with Gasteiger partial charge in [-0.15, -0.1) is 0 Å². The van der Waals surface area contributed by atoms with Crippen LogP contribution in [0.3, 0.4) is 0 Å². The number of aryl methyl sites for hydroxylation is 1. The zero-order chi connectivity index (χ0) is 9.71. The first-order chi connectivity index (χ1) is 6.77. The summed E-state index contributed by atoms with van der Waals surface area (Å²) in [5.74, 6) is 1.47. The van der Waals surface area contributed by atoms with Gasteiger partial charge in [-0.05, 0) is 31.9 Å². The summed E-state index contributed by atoms with van der Waals surface area (Å²) in [6.45, 7) is 2.10. The average molecular weight is 187 g/mol. The fourth-order valence-corrected chi connectivity index (χ4v) is 2.03. The summed E-state index contributed by atoms with van der Waals surface area (Å²) in [5, 5.41) is 0. The predicted octanol–water partition coefficient (Wildman–Crippen LogP) is 2.10. The molecule has 2 aromatic heterocycles. The van der Waals surface area contributed by atoms with Crippen LogP contribution in [-0.2, 0) is 0 Å². The fraction of sp³-hybridized carbons (Fsp3) is 0.364. The van der Waals surface area contributed by atoms with Crippen LogP contribution in [0.1, 0.15) is 30.1 Å². The van der Waals surface area contributed by atoms with Crippen molar-refractivity contribution in [1.29, 1.82) is 0 Å². The van der Waals surface area contributed by atoms with E-state index in [0.29, 0.717) is 5.92 Å². The van der Waals surface area contributed by atoms with Crippen LogP contribution in [0.25, 0.3) is 5.65 Å². The van der Waals surface area contributed by atoms with E-state index in [1.807, 2.05) is 22.6 Å². The number of nitrogens with zero attached hydrogens (tertiary/aromatic N) is 2. The number of pyridine rings is 1. The molecule has 0 bridgehead atoms. The lowest BCUT2D eigenvalue weighted by Gasteiger charge is -2.00. The van der Waals surface area contributed by atoms with E-state index in [0.717, 1.165) is 11.5 Å². The number of imidazole rings is 1. The summed E-state index contributed by atoms with van der Waals surface area (Å²) in [7, 11) is 0. The zero-order valence-corrected chi connectivity index (χ0v) is 8.20. The summed E-state index contributed by atoms with van der Waals surface area (Å²) in [6.07, 6.45) is 2.56.